The van der Waals surface area contributed by atoms with Crippen LogP contribution in [0.3, 0.4) is 0 Å². The van der Waals surface area contributed by atoms with Gasteiger partial charge in [0.05, 0.1) is 0 Å². The topological polar surface area (TPSA) is 37.3 Å². The third-order valence-electron chi connectivity index (χ3n) is 3.12. The van der Waals surface area contributed by atoms with Crippen molar-refractivity contribution in [2.45, 2.75) is 58.3 Å². The summed E-state index contributed by atoms with van der Waals surface area (Å²) in [6, 6.07) is 0. The number of carboxylic acid groups (broad SMARTS) is 1. The first kappa shape index (κ1) is 21.9. The van der Waals surface area contributed by atoms with Crippen molar-refractivity contribution in [2.24, 2.45) is 0 Å². The molecule has 0 heterocycles. The third-order valence-corrected chi connectivity index (χ3v) is 3.12. The number of rotatable bonds is 14. The number of hydrogen-bond donors (Lipinski definition) is 1. The average molecular weight is 328 g/mol. The van der Waals surface area contributed by atoms with Crippen LogP contribution in [0.1, 0.15) is 58.3 Å². The van der Waals surface area contributed by atoms with Crippen LogP contribution in [0.15, 0.2) is 72.9 Å². The van der Waals surface area contributed by atoms with Crippen molar-refractivity contribution >= 4 is 5.97 Å². The van der Waals surface area contributed by atoms with Gasteiger partial charge in [-0.15, -0.1) is 0 Å². The number of carbonyl (C=O) groups is 1. The lowest BCUT2D eigenvalue weighted by molar-refractivity contribution is -0.136. The minimum atomic E-state index is -0.741. The molecule has 132 valence electrons. The van der Waals surface area contributed by atoms with Gasteiger partial charge in [0, 0.05) is 6.42 Å². The molecule has 2 nitrogen and oxygen atoms in total. The molecule has 0 radical (unpaired) electrons. The highest BCUT2D eigenvalue weighted by Gasteiger charge is 1.90. The lowest BCUT2D eigenvalue weighted by atomic mass is 10.2. The molecular weight excluding hydrogens is 296 g/mol. The van der Waals surface area contributed by atoms with Gasteiger partial charge in [-0.2, -0.15) is 0 Å². The number of carboxylic acids is 1. The summed E-state index contributed by atoms with van der Waals surface area (Å²) in [7, 11) is 0. The molecule has 0 fully saturated rings. The Morgan fingerprint density at radius 2 is 0.958 bits per heavy atom. The number of allylic oxidation sites excluding steroid dienone is 12. The SMILES string of the molecule is CC/C=C\C/C=C\C/C=C/C/C=C\C/C=C\C/C=C/CCC(=O)O. The highest BCUT2D eigenvalue weighted by molar-refractivity contribution is 5.66. The van der Waals surface area contributed by atoms with Crippen molar-refractivity contribution in [1.29, 1.82) is 0 Å². The van der Waals surface area contributed by atoms with Gasteiger partial charge in [-0.3, -0.25) is 4.79 Å². The van der Waals surface area contributed by atoms with E-state index in [1.165, 1.54) is 0 Å². The predicted molar refractivity (Wildman–Crippen MR) is 105 cm³/mol. The Bertz CT molecular complexity index is 462. The molecule has 0 rings (SSSR count). The number of aliphatic carboxylic acids is 1. The van der Waals surface area contributed by atoms with Gasteiger partial charge in [0.1, 0.15) is 0 Å². The monoisotopic (exact) mass is 328 g/mol. The molecule has 0 saturated heterocycles. The molecule has 0 atom stereocenters. The fourth-order valence-corrected chi connectivity index (χ4v) is 1.85. The Balaban J connectivity index is 3.51. The normalized spacial score (nSPS) is 13.0. The molecule has 1 N–H and O–H groups in total. The summed E-state index contributed by atoms with van der Waals surface area (Å²) in [6.07, 6.45) is 32.5. The first-order chi connectivity index (χ1) is 11.8. The summed E-state index contributed by atoms with van der Waals surface area (Å²) in [5, 5.41) is 8.49. The van der Waals surface area contributed by atoms with Crippen molar-refractivity contribution in [3.63, 3.8) is 0 Å². The summed E-state index contributed by atoms with van der Waals surface area (Å²) < 4.78 is 0. The minimum absolute atomic E-state index is 0.210. The zero-order valence-corrected chi connectivity index (χ0v) is 14.9. The second-order valence-corrected chi connectivity index (χ2v) is 5.35. The first-order valence-corrected chi connectivity index (χ1v) is 8.89. The fourth-order valence-electron chi connectivity index (χ4n) is 1.85. The van der Waals surface area contributed by atoms with Crippen LogP contribution in [-0.4, -0.2) is 11.1 Å². The van der Waals surface area contributed by atoms with E-state index in [1.807, 2.05) is 12.2 Å². The summed E-state index contributed by atoms with van der Waals surface area (Å²) in [5.74, 6) is -0.741. The second kappa shape index (κ2) is 19.0. The minimum Gasteiger partial charge on any atom is -0.481 e. The van der Waals surface area contributed by atoms with E-state index in [2.05, 4.69) is 67.7 Å². The highest BCUT2D eigenvalue weighted by atomic mass is 16.4. The smallest absolute Gasteiger partial charge is 0.303 e. The van der Waals surface area contributed by atoms with Gasteiger partial charge in [0.25, 0.3) is 0 Å². The van der Waals surface area contributed by atoms with Crippen molar-refractivity contribution in [3.05, 3.63) is 72.9 Å². The molecule has 0 aromatic heterocycles. The molecule has 0 aromatic rings. The maximum atomic E-state index is 10.3. The Morgan fingerprint density at radius 3 is 1.29 bits per heavy atom. The Kier molecular flexibility index (Phi) is 17.3. The van der Waals surface area contributed by atoms with Gasteiger partial charge in [-0.05, 0) is 44.9 Å². The van der Waals surface area contributed by atoms with Crippen molar-refractivity contribution in [3.8, 4) is 0 Å². The Hall–Kier alpha value is -2.09. The van der Waals surface area contributed by atoms with Crippen LogP contribution >= 0.6 is 0 Å². The first-order valence-electron chi connectivity index (χ1n) is 8.89. The molecule has 0 aliphatic carbocycles. The zero-order valence-electron chi connectivity index (χ0n) is 14.9. The van der Waals surface area contributed by atoms with E-state index < -0.39 is 5.97 Å². The van der Waals surface area contributed by atoms with E-state index in [0.717, 1.165) is 38.5 Å². The Morgan fingerprint density at radius 1 is 0.625 bits per heavy atom. The van der Waals surface area contributed by atoms with E-state index in [9.17, 15) is 4.79 Å². The van der Waals surface area contributed by atoms with Gasteiger partial charge in [0.15, 0.2) is 0 Å². The van der Waals surface area contributed by atoms with Gasteiger partial charge in [0.2, 0.25) is 0 Å². The highest BCUT2D eigenvalue weighted by Crippen LogP contribution is 1.97. The van der Waals surface area contributed by atoms with Crippen LogP contribution in [0.4, 0.5) is 0 Å². The maximum absolute atomic E-state index is 10.3. The van der Waals surface area contributed by atoms with E-state index >= 15 is 0 Å². The summed E-state index contributed by atoms with van der Waals surface area (Å²) in [5.41, 5.74) is 0. The van der Waals surface area contributed by atoms with Crippen molar-refractivity contribution in [2.75, 3.05) is 0 Å². The van der Waals surface area contributed by atoms with Crippen LogP contribution < -0.4 is 0 Å². The van der Waals surface area contributed by atoms with Gasteiger partial charge in [-0.1, -0.05) is 79.8 Å². The van der Waals surface area contributed by atoms with E-state index in [0.29, 0.717) is 6.42 Å². The van der Waals surface area contributed by atoms with Crippen LogP contribution in [0.5, 0.6) is 0 Å². The molecule has 0 saturated carbocycles. The second-order valence-electron chi connectivity index (χ2n) is 5.35. The van der Waals surface area contributed by atoms with Crippen molar-refractivity contribution < 1.29 is 9.90 Å². The van der Waals surface area contributed by atoms with E-state index in [4.69, 9.17) is 5.11 Å². The fraction of sp³-hybridized carbons (Fsp3) is 0.409. The standard InChI is InChI=1S/C22H32O2/c1-2-3-4-5-6-7-8-9-10-11-12-13-14-15-16-17-18-19-20-21-22(23)24/h3-4,6-7,9-10,12-13,15-16,18-19H,2,5,8,11,14,17,20-21H2,1H3,(H,23,24)/b4-3-,7-6-,10-9+,13-12-,16-15-,19-18+. The van der Waals surface area contributed by atoms with Crippen LogP contribution in [-0.2, 0) is 4.79 Å². The number of hydrogen-bond acceptors (Lipinski definition) is 1. The van der Waals surface area contributed by atoms with Gasteiger partial charge >= 0.3 is 5.97 Å². The van der Waals surface area contributed by atoms with E-state index in [1.54, 1.807) is 0 Å². The molecule has 0 aromatic carbocycles. The summed E-state index contributed by atoms with van der Waals surface area (Å²) in [4.78, 5) is 10.3. The van der Waals surface area contributed by atoms with E-state index in [-0.39, 0.29) is 6.42 Å². The van der Waals surface area contributed by atoms with Crippen LogP contribution in [0.2, 0.25) is 0 Å². The lowest BCUT2D eigenvalue weighted by Crippen LogP contribution is -1.91. The zero-order chi connectivity index (χ0) is 17.7. The molecule has 0 amide bonds. The molecular formula is C22H32O2. The molecule has 0 aliphatic heterocycles. The molecule has 0 bridgehead atoms. The van der Waals surface area contributed by atoms with Crippen LogP contribution in [0.25, 0.3) is 0 Å². The largest absolute Gasteiger partial charge is 0.481 e. The quantitative estimate of drug-likeness (QED) is 0.367. The summed E-state index contributed by atoms with van der Waals surface area (Å²) >= 11 is 0. The predicted octanol–water partition coefficient (Wildman–Crippen LogP) is 6.55. The lowest BCUT2D eigenvalue weighted by Gasteiger charge is -1.87. The molecule has 0 spiro atoms. The maximum Gasteiger partial charge on any atom is 0.303 e. The molecule has 24 heavy (non-hydrogen) atoms. The molecule has 2 heteroatoms. The summed E-state index contributed by atoms with van der Waals surface area (Å²) in [6.45, 7) is 2.15. The molecule has 0 aliphatic rings. The third kappa shape index (κ3) is 19.9. The van der Waals surface area contributed by atoms with Gasteiger partial charge < -0.3 is 5.11 Å². The Labute approximate surface area is 147 Å². The average Bonchev–Trinajstić information content (AvgIpc) is 2.56. The molecule has 0 unspecified atom stereocenters. The van der Waals surface area contributed by atoms with Gasteiger partial charge in [-0.25, -0.2) is 0 Å². The van der Waals surface area contributed by atoms with Crippen LogP contribution in [0, 0.1) is 0 Å². The van der Waals surface area contributed by atoms with Crippen molar-refractivity contribution in [1.82, 2.24) is 0 Å².